The van der Waals surface area contributed by atoms with Crippen LogP contribution in [0.15, 0.2) is 64.5 Å². The van der Waals surface area contributed by atoms with Crippen molar-refractivity contribution in [2.45, 2.75) is 12.5 Å². The molecule has 27 heavy (non-hydrogen) atoms. The molecule has 1 atom stereocenters. The molecule has 0 aliphatic carbocycles. The van der Waals surface area contributed by atoms with Crippen LogP contribution in [0.3, 0.4) is 0 Å². The largest absolute Gasteiger partial charge is 0.497 e. The van der Waals surface area contributed by atoms with Crippen molar-refractivity contribution in [2.75, 3.05) is 14.2 Å². The summed E-state index contributed by atoms with van der Waals surface area (Å²) in [5.41, 5.74) is 2.14. The Kier molecular flexibility index (Phi) is 6.53. The normalized spacial score (nSPS) is 11.7. The molecule has 140 valence electrons. The number of methoxy groups -OCH3 is 2. The zero-order valence-corrected chi connectivity index (χ0v) is 17.5. The van der Waals surface area contributed by atoms with Crippen molar-refractivity contribution in [1.29, 1.82) is 0 Å². The number of carbonyl (C=O) groups is 1. The first-order valence-corrected chi connectivity index (χ1v) is 10.0. The second-order valence-corrected chi connectivity index (χ2v) is 8.42. The summed E-state index contributed by atoms with van der Waals surface area (Å²) < 4.78 is 11.4. The average molecular weight is 446 g/mol. The van der Waals surface area contributed by atoms with Crippen molar-refractivity contribution in [3.8, 4) is 11.5 Å². The third kappa shape index (κ3) is 5.11. The van der Waals surface area contributed by atoms with Gasteiger partial charge in [-0.2, -0.15) is 0 Å². The van der Waals surface area contributed by atoms with Crippen molar-refractivity contribution in [3.63, 3.8) is 0 Å². The molecule has 0 aliphatic heterocycles. The lowest BCUT2D eigenvalue weighted by atomic mass is 9.98. The summed E-state index contributed by atoms with van der Waals surface area (Å²) in [5, 5.41) is 3.16. The molecule has 1 N–H and O–H groups in total. The van der Waals surface area contributed by atoms with E-state index in [-0.39, 0.29) is 11.9 Å². The SMILES string of the molecule is COc1ccc(CC(NC(=O)c2ccc(Br)s2)c2ccc(OC)cc2)cc1. The summed E-state index contributed by atoms with van der Waals surface area (Å²) in [6.45, 7) is 0. The van der Waals surface area contributed by atoms with Gasteiger partial charge >= 0.3 is 0 Å². The van der Waals surface area contributed by atoms with Gasteiger partial charge < -0.3 is 14.8 Å². The summed E-state index contributed by atoms with van der Waals surface area (Å²) >= 11 is 4.83. The van der Waals surface area contributed by atoms with Crippen LogP contribution in [0.2, 0.25) is 0 Å². The van der Waals surface area contributed by atoms with Gasteiger partial charge in [0.15, 0.2) is 0 Å². The molecule has 0 saturated heterocycles. The topological polar surface area (TPSA) is 47.6 Å². The van der Waals surface area contributed by atoms with Crippen molar-refractivity contribution < 1.29 is 14.3 Å². The second-order valence-electron chi connectivity index (χ2n) is 5.96. The second kappa shape index (κ2) is 9.06. The van der Waals surface area contributed by atoms with Gasteiger partial charge in [-0.25, -0.2) is 0 Å². The first-order valence-electron chi connectivity index (χ1n) is 8.42. The van der Waals surface area contributed by atoms with Gasteiger partial charge in [0.2, 0.25) is 0 Å². The highest BCUT2D eigenvalue weighted by molar-refractivity contribution is 9.11. The van der Waals surface area contributed by atoms with Crippen LogP contribution >= 0.6 is 27.3 Å². The molecule has 0 radical (unpaired) electrons. The van der Waals surface area contributed by atoms with E-state index in [1.165, 1.54) is 11.3 Å². The standard InChI is InChI=1S/C21H20BrNO3S/c1-25-16-7-3-14(4-8-16)13-18(15-5-9-17(26-2)10-6-15)23-21(24)19-11-12-20(22)27-19/h3-12,18H,13H2,1-2H3,(H,23,24). The summed E-state index contributed by atoms with van der Waals surface area (Å²) in [7, 11) is 3.29. The highest BCUT2D eigenvalue weighted by atomic mass is 79.9. The molecule has 0 saturated carbocycles. The van der Waals surface area contributed by atoms with E-state index in [1.54, 1.807) is 14.2 Å². The molecular formula is C21H20BrNO3S. The first-order chi connectivity index (χ1) is 13.1. The Morgan fingerprint density at radius 2 is 1.56 bits per heavy atom. The number of rotatable bonds is 7. The smallest absolute Gasteiger partial charge is 0.261 e. The van der Waals surface area contributed by atoms with Crippen molar-refractivity contribution >= 4 is 33.2 Å². The number of benzene rings is 2. The van der Waals surface area contributed by atoms with Crippen LogP contribution in [-0.2, 0) is 6.42 Å². The van der Waals surface area contributed by atoms with Crippen LogP contribution in [0.25, 0.3) is 0 Å². The lowest BCUT2D eigenvalue weighted by Crippen LogP contribution is -2.29. The van der Waals surface area contributed by atoms with E-state index in [0.717, 1.165) is 26.4 Å². The zero-order valence-electron chi connectivity index (χ0n) is 15.1. The molecule has 6 heteroatoms. The maximum atomic E-state index is 12.7. The van der Waals surface area contributed by atoms with Gasteiger partial charge in [-0.15, -0.1) is 11.3 Å². The summed E-state index contributed by atoms with van der Waals surface area (Å²) in [5.74, 6) is 1.52. The van der Waals surface area contributed by atoms with E-state index in [4.69, 9.17) is 9.47 Å². The Morgan fingerprint density at radius 1 is 0.963 bits per heavy atom. The van der Waals surface area contributed by atoms with Crippen molar-refractivity contribution in [1.82, 2.24) is 5.32 Å². The van der Waals surface area contributed by atoms with Gasteiger partial charge in [-0.1, -0.05) is 24.3 Å². The van der Waals surface area contributed by atoms with E-state index >= 15 is 0 Å². The molecule has 2 aromatic carbocycles. The van der Waals surface area contributed by atoms with Crippen LogP contribution < -0.4 is 14.8 Å². The van der Waals surface area contributed by atoms with Crippen molar-refractivity contribution in [2.24, 2.45) is 0 Å². The lowest BCUT2D eigenvalue weighted by molar-refractivity contribution is 0.0940. The van der Waals surface area contributed by atoms with Gasteiger partial charge in [0, 0.05) is 0 Å². The summed E-state index contributed by atoms with van der Waals surface area (Å²) in [6, 6.07) is 19.2. The molecule has 3 aromatic rings. The number of carbonyl (C=O) groups excluding carboxylic acids is 1. The molecule has 1 aromatic heterocycles. The minimum absolute atomic E-state index is 0.0833. The minimum atomic E-state index is -0.155. The molecule has 0 fully saturated rings. The molecule has 0 aliphatic rings. The molecule has 0 spiro atoms. The van der Waals surface area contributed by atoms with E-state index in [1.807, 2.05) is 60.7 Å². The molecule has 1 unspecified atom stereocenters. The predicted molar refractivity (Wildman–Crippen MR) is 112 cm³/mol. The molecule has 1 amide bonds. The van der Waals surface area contributed by atoms with E-state index in [2.05, 4.69) is 21.2 Å². The number of hydrogen-bond donors (Lipinski definition) is 1. The van der Waals surface area contributed by atoms with Crippen LogP contribution in [0.1, 0.15) is 26.8 Å². The Bertz CT molecular complexity index is 891. The number of hydrogen-bond acceptors (Lipinski definition) is 4. The molecule has 1 heterocycles. The van der Waals surface area contributed by atoms with Crippen LogP contribution in [-0.4, -0.2) is 20.1 Å². The Labute approximate surface area is 171 Å². The lowest BCUT2D eigenvalue weighted by Gasteiger charge is -2.20. The number of ether oxygens (including phenoxy) is 2. The Morgan fingerprint density at radius 3 is 2.07 bits per heavy atom. The molecule has 3 rings (SSSR count). The highest BCUT2D eigenvalue weighted by Crippen LogP contribution is 2.26. The minimum Gasteiger partial charge on any atom is -0.497 e. The van der Waals surface area contributed by atoms with Gasteiger partial charge in [0.05, 0.1) is 28.9 Å². The summed E-state index contributed by atoms with van der Waals surface area (Å²) in [6.07, 6.45) is 0.675. The number of nitrogens with one attached hydrogen (secondary N) is 1. The monoisotopic (exact) mass is 445 g/mol. The molecule has 0 bridgehead atoms. The van der Waals surface area contributed by atoms with Gasteiger partial charge in [0.1, 0.15) is 11.5 Å². The van der Waals surface area contributed by atoms with E-state index in [0.29, 0.717) is 11.3 Å². The fraction of sp³-hybridized carbons (Fsp3) is 0.190. The molecular weight excluding hydrogens is 426 g/mol. The Balaban J connectivity index is 1.83. The van der Waals surface area contributed by atoms with E-state index < -0.39 is 0 Å². The number of thiophene rings is 1. The maximum Gasteiger partial charge on any atom is 0.261 e. The number of amides is 1. The van der Waals surface area contributed by atoms with Crippen LogP contribution in [0, 0.1) is 0 Å². The van der Waals surface area contributed by atoms with E-state index in [9.17, 15) is 4.79 Å². The fourth-order valence-electron chi connectivity index (χ4n) is 2.75. The number of halogens is 1. The quantitative estimate of drug-likeness (QED) is 0.540. The first kappa shape index (κ1) is 19.5. The van der Waals surface area contributed by atoms with Crippen LogP contribution in [0.5, 0.6) is 11.5 Å². The predicted octanol–water partition coefficient (Wildman–Crippen LogP) is 5.24. The third-order valence-corrected chi connectivity index (χ3v) is 5.84. The maximum absolute atomic E-state index is 12.7. The van der Waals surface area contributed by atoms with Crippen molar-refractivity contribution in [3.05, 3.63) is 80.5 Å². The third-order valence-electron chi connectivity index (χ3n) is 4.22. The van der Waals surface area contributed by atoms with Gasteiger partial charge in [0.25, 0.3) is 5.91 Å². The average Bonchev–Trinajstić information content (AvgIpc) is 3.14. The fourth-order valence-corrected chi connectivity index (χ4v) is 4.04. The van der Waals surface area contributed by atoms with Crippen LogP contribution in [0.4, 0.5) is 0 Å². The highest BCUT2D eigenvalue weighted by Gasteiger charge is 2.18. The van der Waals surface area contributed by atoms with Gasteiger partial charge in [-0.05, 0) is 69.9 Å². The zero-order chi connectivity index (χ0) is 19.2. The van der Waals surface area contributed by atoms with Gasteiger partial charge in [-0.3, -0.25) is 4.79 Å². The molecule has 4 nitrogen and oxygen atoms in total. The Hall–Kier alpha value is -2.31. The summed E-state index contributed by atoms with van der Waals surface area (Å²) in [4.78, 5) is 13.4.